The lowest BCUT2D eigenvalue weighted by Gasteiger charge is -2.25. The molecule has 2 atom stereocenters. The molecule has 1 aliphatic carbocycles. The summed E-state index contributed by atoms with van der Waals surface area (Å²) in [6, 6.07) is 1.99. The largest absolute Gasteiger partial charge is 0.468 e. The molecule has 2 N–H and O–H groups in total. The van der Waals surface area contributed by atoms with E-state index in [-0.39, 0.29) is 6.10 Å². The second-order valence-electron chi connectivity index (χ2n) is 4.84. The summed E-state index contributed by atoms with van der Waals surface area (Å²) in [5, 5.41) is 13.0. The summed E-state index contributed by atoms with van der Waals surface area (Å²) >= 11 is 0. The highest BCUT2D eigenvalue weighted by atomic mass is 16.3. The molecule has 1 saturated carbocycles. The number of aliphatic hydroxyl groups excluding tert-OH is 1. The molecule has 16 heavy (non-hydrogen) atoms. The first-order valence-electron chi connectivity index (χ1n) is 6.17. The lowest BCUT2D eigenvalue weighted by molar-refractivity contribution is 0.100. The van der Waals surface area contributed by atoms with Crippen molar-refractivity contribution in [2.45, 2.75) is 45.3 Å². The van der Waals surface area contributed by atoms with E-state index in [0.717, 1.165) is 38.1 Å². The molecule has 3 heteroatoms. The Balaban J connectivity index is 1.70. The van der Waals surface area contributed by atoms with E-state index >= 15 is 0 Å². The van der Waals surface area contributed by atoms with Gasteiger partial charge in [-0.15, -0.1) is 0 Å². The number of rotatable bonds is 4. The van der Waals surface area contributed by atoms with Gasteiger partial charge in [-0.1, -0.05) is 6.42 Å². The quantitative estimate of drug-likeness (QED) is 0.822. The lowest BCUT2D eigenvalue weighted by atomic mass is 9.87. The Morgan fingerprint density at radius 2 is 2.38 bits per heavy atom. The molecule has 0 aliphatic heterocycles. The molecule has 0 bridgehead atoms. The van der Waals surface area contributed by atoms with E-state index in [1.807, 2.05) is 6.07 Å². The third kappa shape index (κ3) is 3.09. The van der Waals surface area contributed by atoms with E-state index < -0.39 is 0 Å². The van der Waals surface area contributed by atoms with Crippen LogP contribution in [0, 0.1) is 12.8 Å². The first kappa shape index (κ1) is 11.7. The van der Waals surface area contributed by atoms with Gasteiger partial charge >= 0.3 is 0 Å². The van der Waals surface area contributed by atoms with Crippen molar-refractivity contribution in [1.29, 1.82) is 0 Å². The molecule has 0 radical (unpaired) electrons. The van der Waals surface area contributed by atoms with Gasteiger partial charge in [-0.25, -0.2) is 0 Å². The van der Waals surface area contributed by atoms with Gasteiger partial charge in [-0.05, 0) is 50.3 Å². The van der Waals surface area contributed by atoms with Crippen LogP contribution in [0.15, 0.2) is 16.7 Å². The molecule has 90 valence electrons. The zero-order valence-corrected chi connectivity index (χ0v) is 9.91. The van der Waals surface area contributed by atoms with Crippen molar-refractivity contribution in [2.24, 2.45) is 5.92 Å². The van der Waals surface area contributed by atoms with E-state index in [9.17, 15) is 5.11 Å². The van der Waals surface area contributed by atoms with Gasteiger partial charge in [0.25, 0.3) is 0 Å². The summed E-state index contributed by atoms with van der Waals surface area (Å²) in [6.45, 7) is 3.84. The van der Waals surface area contributed by atoms with Gasteiger partial charge in [0.1, 0.15) is 5.76 Å². The SMILES string of the molecule is Cc1ccoc1CNCC1CCCC(O)C1. The molecule has 3 nitrogen and oxygen atoms in total. The number of nitrogens with one attached hydrogen (secondary N) is 1. The summed E-state index contributed by atoms with van der Waals surface area (Å²) < 4.78 is 5.36. The van der Waals surface area contributed by atoms with E-state index in [0.29, 0.717) is 5.92 Å². The summed E-state index contributed by atoms with van der Waals surface area (Å²) in [5.74, 6) is 1.65. The van der Waals surface area contributed by atoms with Crippen LogP contribution < -0.4 is 5.32 Å². The lowest BCUT2D eigenvalue weighted by Crippen LogP contribution is -2.28. The van der Waals surface area contributed by atoms with Gasteiger partial charge in [0.05, 0.1) is 18.9 Å². The van der Waals surface area contributed by atoms with Crippen LogP contribution in [-0.4, -0.2) is 17.8 Å². The van der Waals surface area contributed by atoms with Gasteiger partial charge in [0, 0.05) is 0 Å². The number of furan rings is 1. The summed E-state index contributed by atoms with van der Waals surface area (Å²) in [4.78, 5) is 0. The van der Waals surface area contributed by atoms with Crippen LogP contribution in [0.2, 0.25) is 0 Å². The topological polar surface area (TPSA) is 45.4 Å². The number of hydrogen-bond donors (Lipinski definition) is 2. The van der Waals surface area contributed by atoms with E-state index in [1.54, 1.807) is 6.26 Å². The summed E-state index contributed by atoms with van der Waals surface area (Å²) in [7, 11) is 0. The van der Waals surface area contributed by atoms with E-state index in [1.165, 1.54) is 12.0 Å². The Bertz CT molecular complexity index is 321. The minimum Gasteiger partial charge on any atom is -0.468 e. The predicted molar refractivity (Wildman–Crippen MR) is 63.1 cm³/mol. The first-order valence-corrected chi connectivity index (χ1v) is 6.17. The van der Waals surface area contributed by atoms with Gasteiger partial charge in [-0.2, -0.15) is 0 Å². The van der Waals surface area contributed by atoms with Crippen molar-refractivity contribution < 1.29 is 9.52 Å². The molecule has 0 aromatic carbocycles. The fourth-order valence-corrected chi connectivity index (χ4v) is 2.42. The fraction of sp³-hybridized carbons (Fsp3) is 0.692. The van der Waals surface area contributed by atoms with Crippen LogP contribution in [-0.2, 0) is 6.54 Å². The molecule has 1 fully saturated rings. The number of hydrogen-bond acceptors (Lipinski definition) is 3. The van der Waals surface area contributed by atoms with Crippen LogP contribution in [0.4, 0.5) is 0 Å². The molecule has 0 spiro atoms. The smallest absolute Gasteiger partial charge is 0.120 e. The standard InChI is InChI=1S/C13H21NO2/c1-10-5-6-16-13(10)9-14-8-11-3-2-4-12(15)7-11/h5-6,11-12,14-15H,2-4,7-9H2,1H3. The summed E-state index contributed by atoms with van der Waals surface area (Å²) in [6.07, 6.45) is 5.98. The Morgan fingerprint density at radius 1 is 1.50 bits per heavy atom. The second kappa shape index (κ2) is 5.51. The highest BCUT2D eigenvalue weighted by Gasteiger charge is 2.19. The van der Waals surface area contributed by atoms with Crippen molar-refractivity contribution in [3.05, 3.63) is 23.7 Å². The Labute approximate surface area is 96.8 Å². The van der Waals surface area contributed by atoms with Gasteiger partial charge in [0.15, 0.2) is 0 Å². The van der Waals surface area contributed by atoms with Crippen LogP contribution in [0.1, 0.15) is 37.0 Å². The maximum atomic E-state index is 9.56. The third-order valence-electron chi connectivity index (χ3n) is 3.44. The highest BCUT2D eigenvalue weighted by molar-refractivity contribution is 5.14. The maximum absolute atomic E-state index is 9.56. The third-order valence-corrected chi connectivity index (χ3v) is 3.44. The number of aryl methyl sites for hydroxylation is 1. The molecule has 0 saturated heterocycles. The average molecular weight is 223 g/mol. The van der Waals surface area contributed by atoms with Crippen molar-refractivity contribution in [2.75, 3.05) is 6.54 Å². The second-order valence-corrected chi connectivity index (χ2v) is 4.84. The Kier molecular flexibility index (Phi) is 4.02. The summed E-state index contributed by atoms with van der Waals surface area (Å²) in [5.41, 5.74) is 1.20. The normalized spacial score (nSPS) is 25.9. The zero-order valence-electron chi connectivity index (χ0n) is 9.91. The Hall–Kier alpha value is -0.800. The van der Waals surface area contributed by atoms with Gasteiger partial charge < -0.3 is 14.8 Å². The Morgan fingerprint density at radius 3 is 3.06 bits per heavy atom. The van der Waals surface area contributed by atoms with Crippen LogP contribution in [0.5, 0.6) is 0 Å². The minimum absolute atomic E-state index is 0.0779. The maximum Gasteiger partial charge on any atom is 0.120 e. The molecule has 1 aliphatic rings. The monoisotopic (exact) mass is 223 g/mol. The van der Waals surface area contributed by atoms with Gasteiger partial charge in [0.2, 0.25) is 0 Å². The van der Waals surface area contributed by atoms with Crippen molar-refractivity contribution >= 4 is 0 Å². The highest BCUT2D eigenvalue weighted by Crippen LogP contribution is 2.23. The molecule has 0 amide bonds. The molecule has 2 unspecified atom stereocenters. The average Bonchev–Trinajstić information content (AvgIpc) is 2.65. The molecule has 2 rings (SSSR count). The van der Waals surface area contributed by atoms with Crippen molar-refractivity contribution in [1.82, 2.24) is 5.32 Å². The molecule has 1 aromatic heterocycles. The van der Waals surface area contributed by atoms with E-state index in [2.05, 4.69) is 12.2 Å². The van der Waals surface area contributed by atoms with Crippen molar-refractivity contribution in [3.8, 4) is 0 Å². The molecular weight excluding hydrogens is 202 g/mol. The van der Waals surface area contributed by atoms with Crippen LogP contribution >= 0.6 is 0 Å². The zero-order chi connectivity index (χ0) is 11.4. The first-order chi connectivity index (χ1) is 7.75. The predicted octanol–water partition coefficient (Wildman–Crippen LogP) is 2.23. The molecular formula is C13H21NO2. The van der Waals surface area contributed by atoms with Gasteiger partial charge in [-0.3, -0.25) is 0 Å². The number of aliphatic hydroxyl groups is 1. The van der Waals surface area contributed by atoms with Crippen molar-refractivity contribution in [3.63, 3.8) is 0 Å². The molecule has 1 aromatic rings. The minimum atomic E-state index is -0.0779. The van der Waals surface area contributed by atoms with Crippen LogP contribution in [0.25, 0.3) is 0 Å². The van der Waals surface area contributed by atoms with E-state index in [4.69, 9.17) is 4.42 Å². The fourth-order valence-electron chi connectivity index (χ4n) is 2.42. The molecule has 1 heterocycles. The van der Waals surface area contributed by atoms with Crippen LogP contribution in [0.3, 0.4) is 0 Å².